The van der Waals surface area contributed by atoms with Crippen LogP contribution in [0.1, 0.15) is 13.3 Å². The van der Waals surface area contributed by atoms with Gasteiger partial charge < -0.3 is 19.3 Å². The highest BCUT2D eigenvalue weighted by molar-refractivity contribution is 5.91. The highest BCUT2D eigenvalue weighted by Gasteiger charge is 2.95. The lowest BCUT2D eigenvalue weighted by atomic mass is 9.54. The van der Waals surface area contributed by atoms with Crippen LogP contribution in [0.2, 0.25) is 0 Å². The second-order valence-electron chi connectivity index (χ2n) is 6.69. The molecular weight excluding hydrogens is 264 g/mol. The van der Waals surface area contributed by atoms with E-state index in [0.717, 1.165) is 0 Å². The summed E-state index contributed by atoms with van der Waals surface area (Å²) >= 11 is 0. The van der Waals surface area contributed by atoms with Gasteiger partial charge in [0.05, 0.1) is 16.9 Å². The van der Waals surface area contributed by atoms with Gasteiger partial charge in [-0.25, -0.2) is 4.79 Å². The largest absolute Gasteiger partial charge is 0.457 e. The summed E-state index contributed by atoms with van der Waals surface area (Å²) < 4.78 is 16.5. The molecular formula is C14H14O6. The predicted octanol–water partition coefficient (Wildman–Crippen LogP) is -0.452. The van der Waals surface area contributed by atoms with E-state index in [1.165, 1.54) is 0 Å². The van der Waals surface area contributed by atoms with Crippen molar-refractivity contribution in [2.45, 2.75) is 42.9 Å². The summed E-state index contributed by atoms with van der Waals surface area (Å²) in [6.45, 7) is 5.53. The Labute approximate surface area is 114 Å². The number of carbonyl (C=O) groups excluding carboxylic acids is 2. The van der Waals surface area contributed by atoms with Crippen LogP contribution in [0, 0.1) is 17.3 Å². The standard InChI is InChI=1S/C14H14O6/c1-3-5-7-10(15)18-8(5)9-12(2)13(7,17)4-6-14(12,20-6)11(16)19-9/h3,5-9,17H,1,4H2,2H3/t5-,6+,7?,8?,9+,12+,13+,14-/m0/s1. The van der Waals surface area contributed by atoms with Crippen molar-refractivity contribution >= 4 is 11.9 Å². The highest BCUT2D eigenvalue weighted by atomic mass is 16.7. The van der Waals surface area contributed by atoms with E-state index in [1.807, 2.05) is 0 Å². The molecule has 5 rings (SSSR count). The molecule has 3 heterocycles. The fourth-order valence-corrected chi connectivity index (χ4v) is 5.34. The Hall–Kier alpha value is -1.40. The molecule has 5 aliphatic rings. The fraction of sp³-hybridized carbons (Fsp3) is 0.714. The van der Waals surface area contributed by atoms with E-state index in [4.69, 9.17) is 14.2 Å². The molecule has 2 bridgehead atoms. The van der Waals surface area contributed by atoms with Crippen LogP contribution >= 0.6 is 0 Å². The summed E-state index contributed by atoms with van der Waals surface area (Å²) in [6.07, 6.45) is 0.306. The van der Waals surface area contributed by atoms with Crippen molar-refractivity contribution in [3.05, 3.63) is 12.7 Å². The monoisotopic (exact) mass is 278 g/mol. The van der Waals surface area contributed by atoms with Gasteiger partial charge in [-0.3, -0.25) is 4.79 Å². The molecule has 2 aliphatic carbocycles. The zero-order valence-electron chi connectivity index (χ0n) is 10.9. The fourth-order valence-electron chi connectivity index (χ4n) is 5.34. The van der Waals surface area contributed by atoms with Gasteiger partial charge in [-0.1, -0.05) is 6.08 Å². The van der Waals surface area contributed by atoms with E-state index in [1.54, 1.807) is 13.0 Å². The number of rotatable bonds is 1. The van der Waals surface area contributed by atoms with Crippen LogP contribution in [0.5, 0.6) is 0 Å². The van der Waals surface area contributed by atoms with Gasteiger partial charge in [0, 0.05) is 12.3 Å². The summed E-state index contributed by atoms with van der Waals surface area (Å²) in [6, 6.07) is 0. The van der Waals surface area contributed by atoms with Crippen LogP contribution < -0.4 is 0 Å². The third kappa shape index (κ3) is 0.726. The first-order valence-corrected chi connectivity index (χ1v) is 6.86. The zero-order chi connectivity index (χ0) is 14.1. The summed E-state index contributed by atoms with van der Waals surface area (Å²) in [5, 5.41) is 11.3. The Balaban J connectivity index is 1.79. The van der Waals surface area contributed by atoms with E-state index >= 15 is 0 Å². The lowest BCUT2D eigenvalue weighted by molar-refractivity contribution is -0.193. The van der Waals surface area contributed by atoms with Gasteiger partial charge in [-0.2, -0.15) is 0 Å². The Bertz CT molecular complexity index is 600. The molecule has 0 aromatic heterocycles. The van der Waals surface area contributed by atoms with Gasteiger partial charge in [0.2, 0.25) is 5.60 Å². The van der Waals surface area contributed by atoms with Crippen molar-refractivity contribution < 1.29 is 28.9 Å². The average molecular weight is 278 g/mol. The molecule has 0 aromatic carbocycles. The van der Waals surface area contributed by atoms with Crippen LogP contribution in [-0.4, -0.2) is 46.6 Å². The van der Waals surface area contributed by atoms with Crippen molar-refractivity contribution in [3.63, 3.8) is 0 Å². The maximum Gasteiger partial charge on any atom is 0.342 e. The maximum atomic E-state index is 12.2. The number of hydrogen-bond donors (Lipinski definition) is 1. The van der Waals surface area contributed by atoms with Gasteiger partial charge >= 0.3 is 11.9 Å². The highest BCUT2D eigenvalue weighted by Crippen LogP contribution is 2.76. The molecule has 0 aromatic rings. The smallest absolute Gasteiger partial charge is 0.342 e. The Morgan fingerprint density at radius 1 is 1.40 bits per heavy atom. The third-order valence-electron chi connectivity index (χ3n) is 6.35. The summed E-state index contributed by atoms with van der Waals surface area (Å²) in [5.74, 6) is -1.87. The molecule has 0 radical (unpaired) electrons. The number of carbonyl (C=O) groups is 2. The Morgan fingerprint density at radius 3 is 2.85 bits per heavy atom. The Kier molecular flexibility index (Phi) is 1.51. The second-order valence-corrected chi connectivity index (χ2v) is 6.69. The lowest BCUT2D eigenvalue weighted by Gasteiger charge is -2.50. The number of esters is 2. The third-order valence-corrected chi connectivity index (χ3v) is 6.35. The lowest BCUT2D eigenvalue weighted by Crippen LogP contribution is -2.66. The molecule has 2 saturated carbocycles. The molecule has 20 heavy (non-hydrogen) atoms. The first-order valence-electron chi connectivity index (χ1n) is 6.86. The van der Waals surface area contributed by atoms with Crippen molar-refractivity contribution in [1.82, 2.24) is 0 Å². The molecule has 3 saturated heterocycles. The molecule has 1 spiro atoms. The van der Waals surface area contributed by atoms with Crippen molar-refractivity contribution in [1.29, 1.82) is 0 Å². The van der Waals surface area contributed by atoms with E-state index in [0.29, 0.717) is 0 Å². The van der Waals surface area contributed by atoms with Crippen molar-refractivity contribution in [2.24, 2.45) is 17.3 Å². The second kappa shape index (κ2) is 2.67. The molecule has 3 aliphatic heterocycles. The topological polar surface area (TPSA) is 85.4 Å². The number of epoxide rings is 1. The quantitative estimate of drug-likeness (QED) is 0.397. The molecule has 8 atom stereocenters. The Morgan fingerprint density at radius 2 is 2.15 bits per heavy atom. The molecule has 1 N–H and O–H groups in total. The molecule has 6 heteroatoms. The van der Waals surface area contributed by atoms with Crippen molar-refractivity contribution in [2.75, 3.05) is 0 Å². The summed E-state index contributed by atoms with van der Waals surface area (Å²) in [4.78, 5) is 24.4. The minimum atomic E-state index is -1.34. The number of fused-ring (bicyclic) bond motifs is 4. The number of ether oxygens (including phenoxy) is 3. The van der Waals surface area contributed by atoms with Crippen LogP contribution in [0.25, 0.3) is 0 Å². The van der Waals surface area contributed by atoms with E-state index in [-0.39, 0.29) is 18.4 Å². The predicted molar refractivity (Wildman–Crippen MR) is 62.2 cm³/mol. The van der Waals surface area contributed by atoms with Gasteiger partial charge in [0.1, 0.15) is 12.2 Å². The van der Waals surface area contributed by atoms with Gasteiger partial charge in [0.25, 0.3) is 0 Å². The first-order chi connectivity index (χ1) is 9.41. The number of aliphatic hydroxyl groups is 1. The zero-order valence-corrected chi connectivity index (χ0v) is 10.9. The maximum absolute atomic E-state index is 12.2. The summed E-state index contributed by atoms with van der Waals surface area (Å²) in [5.41, 5.74) is -3.35. The van der Waals surface area contributed by atoms with Gasteiger partial charge in [-0.05, 0) is 6.92 Å². The molecule has 5 fully saturated rings. The minimum Gasteiger partial charge on any atom is -0.457 e. The van der Waals surface area contributed by atoms with Crippen LogP contribution in [0.15, 0.2) is 12.7 Å². The van der Waals surface area contributed by atoms with Crippen molar-refractivity contribution in [3.8, 4) is 0 Å². The van der Waals surface area contributed by atoms with Gasteiger partial charge in [-0.15, -0.1) is 6.58 Å². The number of hydrogen-bond acceptors (Lipinski definition) is 6. The average Bonchev–Trinajstić information content (AvgIpc) is 2.88. The van der Waals surface area contributed by atoms with Gasteiger partial charge in [0.15, 0.2) is 6.10 Å². The minimum absolute atomic E-state index is 0.270. The van der Waals surface area contributed by atoms with Crippen LogP contribution in [0.4, 0.5) is 0 Å². The van der Waals surface area contributed by atoms with Crippen LogP contribution in [0.3, 0.4) is 0 Å². The summed E-state index contributed by atoms with van der Waals surface area (Å²) in [7, 11) is 0. The molecule has 2 unspecified atom stereocenters. The first kappa shape index (κ1) is 11.3. The SMILES string of the molecule is C=C[C@@H]1C2OC(=O)C1[C@]1(O)C[C@H]3O[C@]34C(=O)O[C@H]2[C@]14C. The van der Waals surface area contributed by atoms with E-state index in [9.17, 15) is 14.7 Å². The van der Waals surface area contributed by atoms with E-state index < -0.39 is 46.7 Å². The molecule has 106 valence electrons. The molecule has 0 amide bonds. The normalized spacial score (nSPS) is 64.4. The van der Waals surface area contributed by atoms with Crippen LogP contribution in [-0.2, 0) is 23.8 Å². The molecule has 6 nitrogen and oxygen atoms in total. The van der Waals surface area contributed by atoms with E-state index in [2.05, 4.69) is 6.58 Å².